The second-order valence-electron chi connectivity index (χ2n) is 14.7. The predicted octanol–water partition coefficient (Wildman–Crippen LogP) is 10.9. The first-order valence-electron chi connectivity index (χ1n) is 16.1. The van der Waals surface area contributed by atoms with Crippen LogP contribution in [0.5, 0.6) is 0 Å². The molecule has 0 aliphatic heterocycles. The maximum Gasteiger partial charge on any atom is 0.120 e. The molecule has 1 atom stereocenters. The molecule has 0 aliphatic rings. The van der Waals surface area contributed by atoms with E-state index in [4.69, 9.17) is 9.40 Å². The van der Waals surface area contributed by atoms with Crippen molar-refractivity contribution in [1.82, 2.24) is 9.97 Å². The minimum atomic E-state index is -1.90. The number of benzene rings is 3. The van der Waals surface area contributed by atoms with Crippen molar-refractivity contribution in [1.29, 1.82) is 0 Å². The van der Waals surface area contributed by atoms with Gasteiger partial charge in [0.2, 0.25) is 0 Å². The summed E-state index contributed by atoms with van der Waals surface area (Å²) in [6, 6.07) is 33.4. The monoisotopic (exact) mass is 849 g/mol. The number of furan rings is 1. The fourth-order valence-corrected chi connectivity index (χ4v) is 9.03. The summed E-state index contributed by atoms with van der Waals surface area (Å²) in [5.74, 6) is 8.40. The molecule has 1 unspecified atom stereocenters. The van der Waals surface area contributed by atoms with E-state index < -0.39 is 13.3 Å². The molecule has 0 aliphatic carbocycles. The van der Waals surface area contributed by atoms with Gasteiger partial charge in [-0.3, -0.25) is 0 Å². The Kier molecular flexibility index (Phi) is 11.5. The molecule has 0 saturated heterocycles. The molecule has 0 N–H and O–H groups in total. The predicted molar refractivity (Wildman–Crippen MR) is 194 cm³/mol. The van der Waals surface area contributed by atoms with Crippen molar-refractivity contribution in [3.8, 4) is 22.5 Å². The average molecular weight is 848 g/mol. The second-order valence-corrected chi connectivity index (χ2v) is 25.3. The molecule has 46 heavy (non-hydrogen) atoms. The van der Waals surface area contributed by atoms with Crippen LogP contribution in [0.1, 0.15) is 58.6 Å². The number of hydrogen-bond acceptors (Lipinski definition) is 3. The van der Waals surface area contributed by atoms with E-state index in [-0.39, 0.29) is 20.1 Å². The molecule has 0 bridgehead atoms. The van der Waals surface area contributed by atoms with E-state index in [1.54, 1.807) is 0 Å². The molecule has 241 valence electrons. The Morgan fingerprint density at radius 3 is 2.22 bits per heavy atom. The molecule has 0 spiro atoms. The fourth-order valence-electron chi connectivity index (χ4n) is 5.72. The third kappa shape index (κ3) is 8.45. The van der Waals surface area contributed by atoms with Crippen LogP contribution in [0.3, 0.4) is 0 Å². The van der Waals surface area contributed by atoms with Gasteiger partial charge < -0.3 is 9.40 Å². The molecule has 0 saturated carbocycles. The minimum absolute atomic E-state index is 0. The van der Waals surface area contributed by atoms with Gasteiger partial charge in [-0.25, -0.2) is 0 Å². The van der Waals surface area contributed by atoms with Crippen molar-refractivity contribution >= 4 is 39.6 Å². The maximum atomic E-state index is 6.11. The normalized spacial score (nSPS) is 12.5. The molecule has 3 aromatic heterocycles. The Balaban J connectivity index is 0.000000207. The minimum Gasteiger partial charge on any atom is -0.501 e. The van der Waals surface area contributed by atoms with Crippen LogP contribution in [0.15, 0.2) is 95.7 Å². The van der Waals surface area contributed by atoms with Crippen LogP contribution in [0.25, 0.3) is 44.5 Å². The van der Waals surface area contributed by atoms with Gasteiger partial charge in [-0.15, -0.1) is 18.2 Å². The van der Waals surface area contributed by atoms with Crippen LogP contribution >= 0.6 is 0 Å². The molecule has 3 aromatic carbocycles. The smallest absolute Gasteiger partial charge is 0.120 e. The van der Waals surface area contributed by atoms with Gasteiger partial charge in [-0.05, 0) is 29.7 Å². The summed E-state index contributed by atoms with van der Waals surface area (Å²) in [7, 11) is 0. The Hall–Kier alpha value is -3.05. The fraction of sp³-hybridized carbons (Fsp3) is 0.317. The zero-order chi connectivity index (χ0) is 32.4. The van der Waals surface area contributed by atoms with Crippen molar-refractivity contribution in [2.24, 2.45) is 11.3 Å². The van der Waals surface area contributed by atoms with Crippen LogP contribution in [-0.2, 0) is 26.5 Å². The van der Waals surface area contributed by atoms with E-state index in [2.05, 4.69) is 119 Å². The topological polar surface area (TPSA) is 38.9 Å². The van der Waals surface area contributed by atoms with Crippen LogP contribution in [0, 0.1) is 23.5 Å². The summed E-state index contributed by atoms with van der Waals surface area (Å²) >= 11 is -1.90. The van der Waals surface area contributed by atoms with Crippen LogP contribution in [-0.4, -0.2) is 23.2 Å². The van der Waals surface area contributed by atoms with Gasteiger partial charge in [0.1, 0.15) is 5.58 Å². The van der Waals surface area contributed by atoms with Gasteiger partial charge >= 0.3 is 132 Å². The Morgan fingerprint density at radius 2 is 1.54 bits per heavy atom. The second kappa shape index (κ2) is 14.8. The van der Waals surface area contributed by atoms with E-state index >= 15 is 0 Å². The standard InChI is InChI=1S/C22H20NO.C19H26GeN.Ir/c1-14(2)15(3)16-11-12-23-20(13-16)19-9-6-8-18-17-7-4-5-10-21(17)24-22(18)19;1-19(2,3)13-16-12-18(15-10-8-7-9-11-15)21-14-17(16)20(4,5)6;/h4-8,10-15H,1-3H3;7-10,12,14H,13H2,1-6H3;/q2*-1;. The van der Waals surface area contributed by atoms with Gasteiger partial charge in [0.15, 0.2) is 0 Å². The van der Waals surface area contributed by atoms with E-state index in [0.29, 0.717) is 17.3 Å². The summed E-state index contributed by atoms with van der Waals surface area (Å²) in [6.45, 7) is 13.7. The van der Waals surface area contributed by atoms with Gasteiger partial charge in [0.25, 0.3) is 0 Å². The maximum absolute atomic E-state index is 6.11. The third-order valence-electron chi connectivity index (χ3n) is 8.41. The SMILES string of the molecule is CC(C)(C)Cc1cc(-c2[c-]cccc2)nc[c]1[Ge]([CH3])([CH3])[CH3].CC(C)C(C)c1ccnc(-c2[c-]ccc3c2oc2ccccc23)c1.[Ir]. The molecular weight excluding hydrogens is 801 g/mol. The summed E-state index contributed by atoms with van der Waals surface area (Å²) < 4.78 is 7.65. The first-order valence-corrected chi connectivity index (χ1v) is 23.4. The van der Waals surface area contributed by atoms with Crippen LogP contribution < -0.4 is 4.40 Å². The van der Waals surface area contributed by atoms with E-state index in [0.717, 1.165) is 50.9 Å². The summed E-state index contributed by atoms with van der Waals surface area (Å²) in [5, 5.41) is 2.25. The molecule has 3 heterocycles. The number of rotatable bonds is 6. The number of fused-ring (bicyclic) bond motifs is 3. The molecule has 1 radical (unpaired) electrons. The van der Waals surface area contributed by atoms with Crippen LogP contribution in [0.4, 0.5) is 0 Å². The molecule has 6 aromatic rings. The molecule has 0 fully saturated rings. The number of nitrogens with zero attached hydrogens (tertiary/aromatic N) is 2. The summed E-state index contributed by atoms with van der Waals surface area (Å²) in [6.07, 6.45) is 5.13. The Labute approximate surface area is 292 Å². The molecule has 0 amide bonds. The largest absolute Gasteiger partial charge is 0.501 e. The van der Waals surface area contributed by atoms with Gasteiger partial charge in [0.05, 0.1) is 5.58 Å². The van der Waals surface area contributed by atoms with E-state index in [1.807, 2.05) is 48.7 Å². The zero-order valence-electron chi connectivity index (χ0n) is 28.7. The van der Waals surface area contributed by atoms with Crippen molar-refractivity contribution in [3.05, 3.63) is 115 Å². The summed E-state index contributed by atoms with van der Waals surface area (Å²) in [4.78, 5) is 9.30. The number of para-hydroxylation sites is 1. The molecule has 5 heteroatoms. The summed E-state index contributed by atoms with van der Waals surface area (Å²) in [5.41, 5.74) is 8.83. The van der Waals surface area contributed by atoms with E-state index in [1.165, 1.54) is 15.5 Å². The molecular formula is C41H46GeIrN2O-2. The number of aromatic nitrogens is 2. The van der Waals surface area contributed by atoms with Crippen molar-refractivity contribution in [2.75, 3.05) is 0 Å². The van der Waals surface area contributed by atoms with Crippen molar-refractivity contribution in [2.45, 2.75) is 71.1 Å². The average Bonchev–Trinajstić information content (AvgIpc) is 3.39. The van der Waals surface area contributed by atoms with Crippen molar-refractivity contribution < 1.29 is 24.5 Å². The molecule has 3 nitrogen and oxygen atoms in total. The van der Waals surface area contributed by atoms with E-state index in [9.17, 15) is 0 Å². The Bertz CT molecular complexity index is 1900. The van der Waals surface area contributed by atoms with Gasteiger partial charge in [-0.1, -0.05) is 61.5 Å². The Morgan fingerprint density at radius 1 is 0.804 bits per heavy atom. The van der Waals surface area contributed by atoms with Gasteiger partial charge in [0, 0.05) is 31.7 Å². The first kappa shape index (κ1) is 35.8. The van der Waals surface area contributed by atoms with Crippen molar-refractivity contribution in [3.63, 3.8) is 0 Å². The van der Waals surface area contributed by atoms with Crippen LogP contribution in [0.2, 0.25) is 17.3 Å². The number of pyridine rings is 2. The van der Waals surface area contributed by atoms with Gasteiger partial charge in [-0.2, -0.15) is 0 Å². The zero-order valence-corrected chi connectivity index (χ0v) is 33.2. The first-order chi connectivity index (χ1) is 21.3. The third-order valence-corrected chi connectivity index (χ3v) is 12.7. The quantitative estimate of drug-likeness (QED) is 0.124. The number of hydrogen-bond donors (Lipinski definition) is 0. The molecule has 6 rings (SSSR count).